The Balaban J connectivity index is 1.51. The van der Waals surface area contributed by atoms with E-state index in [4.69, 9.17) is 9.15 Å². The first-order chi connectivity index (χ1) is 13.9. The van der Waals surface area contributed by atoms with Gasteiger partial charge in [0, 0.05) is 11.3 Å². The van der Waals surface area contributed by atoms with Gasteiger partial charge in [0.15, 0.2) is 18.2 Å². The highest BCUT2D eigenvalue weighted by Gasteiger charge is 2.15. The Morgan fingerprint density at radius 2 is 1.86 bits per heavy atom. The van der Waals surface area contributed by atoms with Crippen LogP contribution in [0.4, 0.5) is 10.7 Å². The molecular formula is C20H16N2O6S. The van der Waals surface area contributed by atoms with Gasteiger partial charge in [-0.1, -0.05) is 12.1 Å². The van der Waals surface area contributed by atoms with E-state index in [1.165, 1.54) is 31.4 Å². The number of nitrogens with one attached hydrogen (secondary N) is 2. The molecule has 2 heterocycles. The van der Waals surface area contributed by atoms with Crippen LogP contribution in [0.25, 0.3) is 0 Å². The fourth-order valence-corrected chi connectivity index (χ4v) is 3.11. The minimum absolute atomic E-state index is 0.125. The largest absolute Gasteiger partial charge is 0.459 e. The first-order valence-electron chi connectivity index (χ1n) is 8.45. The van der Waals surface area contributed by atoms with Crippen LogP contribution in [0, 0.1) is 0 Å². The molecule has 0 aliphatic carbocycles. The Morgan fingerprint density at radius 3 is 2.59 bits per heavy atom. The van der Waals surface area contributed by atoms with E-state index in [0.717, 1.165) is 11.3 Å². The van der Waals surface area contributed by atoms with Gasteiger partial charge in [-0.3, -0.25) is 14.4 Å². The number of esters is 1. The monoisotopic (exact) mass is 412 g/mol. The van der Waals surface area contributed by atoms with Gasteiger partial charge >= 0.3 is 5.97 Å². The number of furan rings is 1. The summed E-state index contributed by atoms with van der Waals surface area (Å²) in [7, 11) is 0. The van der Waals surface area contributed by atoms with E-state index in [0.29, 0.717) is 16.3 Å². The van der Waals surface area contributed by atoms with Gasteiger partial charge in [0.05, 0.1) is 11.3 Å². The molecule has 2 aromatic heterocycles. The molecular weight excluding hydrogens is 396 g/mol. The summed E-state index contributed by atoms with van der Waals surface area (Å²) in [5.41, 5.74) is 0.889. The van der Waals surface area contributed by atoms with Crippen molar-refractivity contribution in [3.8, 4) is 0 Å². The zero-order chi connectivity index (χ0) is 20.8. The predicted molar refractivity (Wildman–Crippen MR) is 106 cm³/mol. The highest BCUT2D eigenvalue weighted by atomic mass is 32.1. The van der Waals surface area contributed by atoms with Gasteiger partial charge in [-0.05, 0) is 43.3 Å². The van der Waals surface area contributed by atoms with Crippen molar-refractivity contribution in [2.45, 2.75) is 6.92 Å². The van der Waals surface area contributed by atoms with Crippen molar-refractivity contribution in [1.82, 2.24) is 0 Å². The summed E-state index contributed by atoms with van der Waals surface area (Å²) in [6.07, 6.45) is 1.38. The van der Waals surface area contributed by atoms with Crippen molar-refractivity contribution in [3.05, 3.63) is 71.0 Å². The quantitative estimate of drug-likeness (QED) is 0.453. The summed E-state index contributed by atoms with van der Waals surface area (Å²) in [6.45, 7) is 0.935. The van der Waals surface area contributed by atoms with Crippen LogP contribution in [0.3, 0.4) is 0 Å². The molecule has 2 amide bonds. The van der Waals surface area contributed by atoms with Gasteiger partial charge in [-0.15, -0.1) is 11.3 Å². The van der Waals surface area contributed by atoms with Crippen LogP contribution in [0.2, 0.25) is 0 Å². The zero-order valence-electron chi connectivity index (χ0n) is 15.3. The molecule has 0 fully saturated rings. The maximum Gasteiger partial charge on any atom is 0.348 e. The normalized spacial score (nSPS) is 10.2. The number of carbonyl (C=O) groups excluding carboxylic acids is 4. The standard InChI is InChI=1S/C20H16N2O6S/c1-12(23)13-4-2-5-14(10-13)21-17(24)11-28-20(26)16-7-8-18(29-16)22-19(25)15-6-3-9-27-15/h2-10H,11H2,1H3,(H,21,24)(H,22,25). The molecule has 3 aromatic rings. The average molecular weight is 412 g/mol. The number of rotatable bonds is 7. The molecule has 2 N–H and O–H groups in total. The van der Waals surface area contributed by atoms with Gasteiger partial charge < -0.3 is 19.8 Å². The lowest BCUT2D eigenvalue weighted by Gasteiger charge is -2.07. The van der Waals surface area contributed by atoms with E-state index in [9.17, 15) is 19.2 Å². The smallest absolute Gasteiger partial charge is 0.348 e. The van der Waals surface area contributed by atoms with E-state index in [-0.39, 0.29) is 16.4 Å². The van der Waals surface area contributed by atoms with Crippen LogP contribution in [0.15, 0.2) is 59.2 Å². The molecule has 0 atom stereocenters. The van der Waals surface area contributed by atoms with Crippen molar-refractivity contribution in [2.24, 2.45) is 0 Å². The molecule has 29 heavy (non-hydrogen) atoms. The number of hydrogen-bond donors (Lipinski definition) is 2. The van der Waals surface area contributed by atoms with Crippen molar-refractivity contribution < 1.29 is 28.3 Å². The lowest BCUT2D eigenvalue weighted by Crippen LogP contribution is -2.20. The number of thiophene rings is 1. The van der Waals surface area contributed by atoms with Crippen LogP contribution >= 0.6 is 11.3 Å². The number of benzene rings is 1. The molecule has 0 aliphatic heterocycles. The number of anilines is 2. The Hall–Kier alpha value is -3.72. The molecule has 0 unspecified atom stereocenters. The first-order valence-corrected chi connectivity index (χ1v) is 9.26. The molecule has 3 rings (SSSR count). The molecule has 9 heteroatoms. The van der Waals surface area contributed by atoms with E-state index in [1.54, 1.807) is 30.3 Å². The van der Waals surface area contributed by atoms with Gasteiger partial charge in [0.2, 0.25) is 0 Å². The summed E-state index contributed by atoms with van der Waals surface area (Å²) in [4.78, 5) is 47.6. The van der Waals surface area contributed by atoms with Crippen molar-refractivity contribution in [3.63, 3.8) is 0 Å². The summed E-state index contributed by atoms with van der Waals surface area (Å²) in [5.74, 6) is -1.65. The topological polar surface area (TPSA) is 115 Å². The number of ketones is 1. The molecule has 0 saturated heterocycles. The Bertz CT molecular complexity index is 1050. The minimum atomic E-state index is -0.693. The molecule has 0 radical (unpaired) electrons. The molecule has 0 bridgehead atoms. The average Bonchev–Trinajstić information content (AvgIpc) is 3.38. The fraction of sp³-hybridized carbons (Fsp3) is 0.100. The van der Waals surface area contributed by atoms with Gasteiger partial charge in [0.25, 0.3) is 11.8 Å². The highest BCUT2D eigenvalue weighted by molar-refractivity contribution is 7.18. The van der Waals surface area contributed by atoms with Gasteiger partial charge in [-0.25, -0.2) is 4.79 Å². The third-order valence-corrected chi connectivity index (χ3v) is 4.66. The highest BCUT2D eigenvalue weighted by Crippen LogP contribution is 2.23. The molecule has 148 valence electrons. The zero-order valence-corrected chi connectivity index (χ0v) is 16.1. The molecule has 1 aromatic carbocycles. The summed E-state index contributed by atoms with van der Waals surface area (Å²) in [6, 6.07) is 12.6. The molecule has 0 saturated carbocycles. The van der Waals surface area contributed by atoms with E-state index >= 15 is 0 Å². The van der Waals surface area contributed by atoms with Gasteiger partial charge in [-0.2, -0.15) is 0 Å². The maximum absolute atomic E-state index is 12.1. The van der Waals surface area contributed by atoms with Gasteiger partial charge in [0.1, 0.15) is 4.88 Å². The number of hydrogen-bond acceptors (Lipinski definition) is 7. The van der Waals surface area contributed by atoms with E-state index < -0.39 is 24.4 Å². The van der Waals surface area contributed by atoms with E-state index in [2.05, 4.69) is 10.6 Å². The number of ether oxygens (including phenoxy) is 1. The second-order valence-corrected chi connectivity index (χ2v) is 6.94. The lowest BCUT2D eigenvalue weighted by atomic mass is 10.1. The predicted octanol–water partition coefficient (Wildman–Crippen LogP) is 3.59. The Labute approximate surface area is 169 Å². The van der Waals surface area contributed by atoms with Crippen molar-refractivity contribution in [1.29, 1.82) is 0 Å². The number of carbonyl (C=O) groups is 4. The Kier molecular flexibility index (Phi) is 6.20. The number of Topliss-reactive ketones (excluding diaryl/α,β-unsaturated/α-hetero) is 1. The van der Waals surface area contributed by atoms with Crippen LogP contribution in [0.1, 0.15) is 37.5 Å². The van der Waals surface area contributed by atoms with Crippen molar-refractivity contribution >= 4 is 45.6 Å². The van der Waals surface area contributed by atoms with Crippen molar-refractivity contribution in [2.75, 3.05) is 17.2 Å². The third-order valence-electron chi connectivity index (χ3n) is 3.68. The molecule has 0 aliphatic rings. The van der Waals surface area contributed by atoms with E-state index in [1.807, 2.05) is 0 Å². The minimum Gasteiger partial charge on any atom is -0.459 e. The lowest BCUT2D eigenvalue weighted by molar-refractivity contribution is -0.119. The second-order valence-electron chi connectivity index (χ2n) is 5.86. The van der Waals surface area contributed by atoms with Crippen LogP contribution in [-0.4, -0.2) is 30.2 Å². The van der Waals surface area contributed by atoms with Crippen LogP contribution < -0.4 is 10.6 Å². The summed E-state index contributed by atoms with van der Waals surface area (Å²) in [5, 5.41) is 5.60. The number of amides is 2. The molecule has 8 nitrogen and oxygen atoms in total. The van der Waals surface area contributed by atoms with Crippen LogP contribution in [-0.2, 0) is 9.53 Å². The SMILES string of the molecule is CC(=O)c1cccc(NC(=O)COC(=O)c2ccc(NC(=O)c3ccco3)s2)c1. The second kappa shape index (κ2) is 8.98. The van der Waals surface area contributed by atoms with Crippen LogP contribution in [0.5, 0.6) is 0 Å². The Morgan fingerprint density at radius 1 is 1.03 bits per heavy atom. The third kappa shape index (κ3) is 5.39. The fourth-order valence-electron chi connectivity index (χ4n) is 2.31. The first kappa shape index (κ1) is 20.0. The maximum atomic E-state index is 12.1. The summed E-state index contributed by atoms with van der Waals surface area (Å²) >= 11 is 1.01. The molecule has 0 spiro atoms. The summed E-state index contributed by atoms with van der Waals surface area (Å²) < 4.78 is 9.99.